The molecule has 2 aromatic carbocycles. The van der Waals surface area contributed by atoms with Gasteiger partial charge in [0.2, 0.25) is 5.89 Å². The first-order valence-corrected chi connectivity index (χ1v) is 9.67. The van der Waals surface area contributed by atoms with E-state index >= 15 is 0 Å². The largest absolute Gasteiger partial charge is 0.455 e. The molecule has 6 nitrogen and oxygen atoms in total. The van der Waals surface area contributed by atoms with Crippen LogP contribution in [0, 0.1) is 0 Å². The van der Waals surface area contributed by atoms with Crippen LogP contribution in [0.2, 0.25) is 5.02 Å². The highest BCUT2D eigenvalue weighted by molar-refractivity contribution is 7.13. The molecule has 140 valence electrons. The topological polar surface area (TPSA) is 78.1 Å². The quantitative estimate of drug-likeness (QED) is 0.424. The van der Waals surface area contributed by atoms with E-state index in [2.05, 4.69) is 15.2 Å². The molecule has 0 aliphatic rings. The molecule has 0 unspecified atom stereocenters. The van der Waals surface area contributed by atoms with Crippen LogP contribution in [0.1, 0.15) is 11.6 Å². The highest BCUT2D eigenvalue weighted by atomic mass is 35.5. The van der Waals surface area contributed by atoms with Crippen molar-refractivity contribution in [2.75, 3.05) is 0 Å². The second-order valence-corrected chi connectivity index (χ2v) is 7.15. The van der Waals surface area contributed by atoms with Crippen LogP contribution in [0.3, 0.4) is 0 Å². The summed E-state index contributed by atoms with van der Waals surface area (Å²) in [4.78, 5) is 16.6. The predicted molar refractivity (Wildman–Crippen MR) is 106 cm³/mol. The summed E-state index contributed by atoms with van der Waals surface area (Å²) in [5, 5.41) is 11.2. The van der Waals surface area contributed by atoms with Crippen LogP contribution in [0.5, 0.6) is 0 Å². The van der Waals surface area contributed by atoms with Crippen molar-refractivity contribution in [1.82, 2.24) is 15.2 Å². The minimum Gasteiger partial charge on any atom is -0.455 e. The normalized spacial score (nSPS) is 10.8. The fourth-order valence-corrected chi connectivity index (χ4v) is 3.42. The van der Waals surface area contributed by atoms with Crippen molar-refractivity contribution in [3.05, 3.63) is 76.6 Å². The van der Waals surface area contributed by atoms with Gasteiger partial charge in [-0.05, 0) is 24.3 Å². The zero-order valence-electron chi connectivity index (χ0n) is 14.5. The first-order chi connectivity index (χ1) is 13.7. The lowest BCUT2D eigenvalue weighted by Crippen LogP contribution is -2.08. The Morgan fingerprint density at radius 1 is 1.04 bits per heavy atom. The van der Waals surface area contributed by atoms with Gasteiger partial charge in [-0.25, -0.2) is 4.98 Å². The molecular weight excluding hydrogens is 398 g/mol. The third-order valence-corrected chi connectivity index (χ3v) is 5.00. The third kappa shape index (κ3) is 4.44. The Hall–Kier alpha value is -3.03. The maximum atomic E-state index is 12.1. The number of esters is 1. The third-order valence-electron chi connectivity index (χ3n) is 3.81. The molecule has 28 heavy (non-hydrogen) atoms. The second-order valence-electron chi connectivity index (χ2n) is 5.86. The average Bonchev–Trinajstić information content (AvgIpc) is 3.37. The molecule has 0 spiro atoms. The van der Waals surface area contributed by atoms with Gasteiger partial charge in [0.1, 0.15) is 5.01 Å². The van der Waals surface area contributed by atoms with E-state index in [0.717, 1.165) is 16.1 Å². The molecule has 0 amide bonds. The number of hydrogen-bond donors (Lipinski definition) is 0. The number of carbonyl (C=O) groups excluding carboxylic acids is 1. The molecule has 0 aliphatic heterocycles. The first-order valence-electron chi connectivity index (χ1n) is 8.41. The zero-order chi connectivity index (χ0) is 19.3. The van der Waals surface area contributed by atoms with Gasteiger partial charge in [-0.1, -0.05) is 41.9 Å². The molecule has 0 N–H and O–H groups in total. The lowest BCUT2D eigenvalue weighted by molar-refractivity contribution is -0.144. The van der Waals surface area contributed by atoms with E-state index in [1.165, 1.54) is 11.3 Å². The number of carbonyl (C=O) groups is 1. The van der Waals surface area contributed by atoms with Gasteiger partial charge < -0.3 is 9.15 Å². The van der Waals surface area contributed by atoms with Crippen LogP contribution in [-0.2, 0) is 22.6 Å². The minimum atomic E-state index is -0.410. The van der Waals surface area contributed by atoms with Crippen molar-refractivity contribution >= 4 is 28.9 Å². The summed E-state index contributed by atoms with van der Waals surface area (Å²) < 4.78 is 10.7. The summed E-state index contributed by atoms with van der Waals surface area (Å²) in [5.41, 5.74) is 2.41. The van der Waals surface area contributed by atoms with Gasteiger partial charge in [-0.3, -0.25) is 4.79 Å². The van der Waals surface area contributed by atoms with Gasteiger partial charge in [0.05, 0.1) is 12.1 Å². The highest BCUT2D eigenvalue weighted by Crippen LogP contribution is 2.25. The number of hydrogen-bond acceptors (Lipinski definition) is 7. The molecule has 4 rings (SSSR count). The van der Waals surface area contributed by atoms with Crippen LogP contribution in [0.4, 0.5) is 0 Å². The van der Waals surface area contributed by atoms with Gasteiger partial charge in [0, 0.05) is 21.5 Å². The van der Waals surface area contributed by atoms with E-state index in [9.17, 15) is 4.79 Å². The Kier molecular flexibility index (Phi) is 5.45. The van der Waals surface area contributed by atoms with Crippen molar-refractivity contribution in [3.63, 3.8) is 0 Å². The number of benzene rings is 2. The Labute approximate surface area is 169 Å². The standard InChI is InChI=1S/C20H14ClN3O3S/c21-15-8-6-14(7-9-15)20-22-16(12-28-20)10-18(25)26-11-17-23-24-19(27-17)13-4-2-1-3-5-13/h1-9,12H,10-11H2. The molecule has 0 atom stereocenters. The number of aromatic nitrogens is 3. The summed E-state index contributed by atoms with van der Waals surface area (Å²) in [5.74, 6) is 0.221. The lowest BCUT2D eigenvalue weighted by Gasteiger charge is -2.00. The molecule has 0 saturated carbocycles. The molecule has 0 radical (unpaired) electrons. The summed E-state index contributed by atoms with van der Waals surface area (Å²) >= 11 is 7.36. The fraction of sp³-hybridized carbons (Fsp3) is 0.100. The van der Waals surface area contributed by atoms with Crippen molar-refractivity contribution in [3.8, 4) is 22.0 Å². The van der Waals surface area contributed by atoms with Crippen LogP contribution in [-0.4, -0.2) is 21.2 Å². The first kappa shape index (κ1) is 18.3. The number of halogens is 1. The number of rotatable bonds is 6. The van der Waals surface area contributed by atoms with E-state index in [4.69, 9.17) is 20.8 Å². The molecule has 2 aromatic heterocycles. The monoisotopic (exact) mass is 411 g/mol. The maximum Gasteiger partial charge on any atom is 0.312 e. The molecule has 4 aromatic rings. The summed E-state index contributed by atoms with van der Waals surface area (Å²) in [7, 11) is 0. The summed E-state index contributed by atoms with van der Waals surface area (Å²) in [6.07, 6.45) is 0.0732. The molecule has 0 saturated heterocycles. The lowest BCUT2D eigenvalue weighted by atomic mass is 10.2. The summed E-state index contributed by atoms with van der Waals surface area (Å²) in [6.45, 7) is -0.0765. The van der Waals surface area contributed by atoms with E-state index in [-0.39, 0.29) is 18.9 Å². The fourth-order valence-electron chi connectivity index (χ4n) is 2.46. The molecule has 8 heteroatoms. The SMILES string of the molecule is O=C(Cc1csc(-c2ccc(Cl)cc2)n1)OCc1nnc(-c2ccccc2)o1. The number of thiazole rings is 1. The summed E-state index contributed by atoms with van der Waals surface area (Å²) in [6, 6.07) is 16.8. The molecule has 0 aliphatic carbocycles. The Balaban J connectivity index is 1.33. The van der Waals surface area contributed by atoms with Crippen LogP contribution >= 0.6 is 22.9 Å². The van der Waals surface area contributed by atoms with E-state index in [1.807, 2.05) is 47.8 Å². The van der Waals surface area contributed by atoms with Gasteiger partial charge in [-0.2, -0.15) is 0 Å². The van der Waals surface area contributed by atoms with Crippen molar-refractivity contribution in [2.45, 2.75) is 13.0 Å². The van der Waals surface area contributed by atoms with Gasteiger partial charge >= 0.3 is 5.97 Å². The number of nitrogens with zero attached hydrogens (tertiary/aromatic N) is 3. The molecule has 0 fully saturated rings. The maximum absolute atomic E-state index is 12.1. The molecular formula is C20H14ClN3O3S. The Bertz CT molecular complexity index is 1080. The Morgan fingerprint density at radius 3 is 2.61 bits per heavy atom. The highest BCUT2D eigenvalue weighted by Gasteiger charge is 2.13. The van der Waals surface area contributed by atoms with Crippen molar-refractivity contribution < 1.29 is 13.9 Å². The van der Waals surface area contributed by atoms with Crippen molar-refractivity contribution in [2.24, 2.45) is 0 Å². The predicted octanol–water partition coefficient (Wildman–Crippen LogP) is 4.80. The molecule has 0 bridgehead atoms. The van der Waals surface area contributed by atoms with Crippen LogP contribution < -0.4 is 0 Å². The Morgan fingerprint density at radius 2 is 1.82 bits per heavy atom. The zero-order valence-corrected chi connectivity index (χ0v) is 16.1. The van der Waals surface area contributed by atoms with E-state index in [0.29, 0.717) is 16.6 Å². The average molecular weight is 412 g/mol. The van der Waals surface area contributed by atoms with Crippen LogP contribution in [0.25, 0.3) is 22.0 Å². The van der Waals surface area contributed by atoms with E-state index < -0.39 is 5.97 Å². The van der Waals surface area contributed by atoms with E-state index in [1.54, 1.807) is 12.1 Å². The smallest absolute Gasteiger partial charge is 0.312 e. The van der Waals surface area contributed by atoms with Crippen LogP contribution in [0.15, 0.2) is 64.4 Å². The minimum absolute atomic E-state index is 0.0732. The van der Waals surface area contributed by atoms with Crippen molar-refractivity contribution in [1.29, 1.82) is 0 Å². The second kappa shape index (κ2) is 8.33. The van der Waals surface area contributed by atoms with Gasteiger partial charge in [0.15, 0.2) is 6.61 Å². The number of ether oxygens (including phenoxy) is 1. The molecule has 2 heterocycles. The van der Waals surface area contributed by atoms with Gasteiger partial charge in [0.25, 0.3) is 5.89 Å². The van der Waals surface area contributed by atoms with Gasteiger partial charge in [-0.15, -0.1) is 21.5 Å².